The Kier molecular flexibility index (Phi) is 5.26. The number of anilines is 1. The van der Waals surface area contributed by atoms with Crippen LogP contribution < -0.4 is 5.73 Å². The molecule has 1 aromatic rings. The molecule has 0 aromatic carbocycles. The Labute approximate surface area is 132 Å². The van der Waals surface area contributed by atoms with Crippen LogP contribution in [0, 0.1) is 11.3 Å². The first kappa shape index (κ1) is 16.2. The molecule has 2 rings (SSSR count). The maximum absolute atomic E-state index is 12.1. The smallest absolute Gasteiger partial charge is 0.247 e. The molecule has 5 heteroatoms. The molecule has 0 aliphatic carbocycles. The van der Waals surface area contributed by atoms with E-state index in [1.165, 1.54) is 0 Å². The van der Waals surface area contributed by atoms with Gasteiger partial charge in [0.15, 0.2) is 0 Å². The molecule has 0 fully saturated rings. The van der Waals surface area contributed by atoms with Crippen LogP contribution >= 0.6 is 0 Å². The van der Waals surface area contributed by atoms with Gasteiger partial charge < -0.3 is 15.2 Å². The number of unbranched alkanes of at least 4 members (excludes halogenated alkanes) is 2. The molecule has 1 aliphatic rings. The molecule has 0 unspecified atom stereocenters. The molecular formula is C17H24N4O. The SMILES string of the molecule is CCCCCn1cc(N)c(C#N)c1C1=CC(=O)N(CCC)C1. The predicted octanol–water partition coefficient (Wildman–Crippen LogP) is 2.77. The van der Waals surface area contributed by atoms with Crippen molar-refractivity contribution < 1.29 is 4.79 Å². The lowest BCUT2D eigenvalue weighted by Crippen LogP contribution is -2.26. The number of carbonyl (C=O) groups is 1. The molecule has 118 valence electrons. The number of nitrogens with zero attached hydrogens (tertiary/aromatic N) is 3. The van der Waals surface area contributed by atoms with Crippen molar-refractivity contribution in [3.05, 3.63) is 23.5 Å². The number of nitrogens with two attached hydrogens (primary N) is 1. The lowest BCUT2D eigenvalue weighted by molar-refractivity contribution is -0.124. The molecule has 2 N–H and O–H groups in total. The van der Waals surface area contributed by atoms with Crippen molar-refractivity contribution >= 4 is 17.2 Å². The van der Waals surface area contributed by atoms with E-state index in [2.05, 4.69) is 19.9 Å². The summed E-state index contributed by atoms with van der Waals surface area (Å²) in [5, 5.41) is 9.41. The van der Waals surface area contributed by atoms with Crippen LogP contribution in [-0.4, -0.2) is 28.5 Å². The summed E-state index contributed by atoms with van der Waals surface area (Å²) >= 11 is 0. The second-order valence-electron chi connectivity index (χ2n) is 5.75. The van der Waals surface area contributed by atoms with Crippen molar-refractivity contribution in [2.75, 3.05) is 18.8 Å². The van der Waals surface area contributed by atoms with Gasteiger partial charge in [-0.1, -0.05) is 26.7 Å². The number of nitriles is 1. The van der Waals surface area contributed by atoms with Gasteiger partial charge in [0.2, 0.25) is 5.91 Å². The third-order valence-corrected chi connectivity index (χ3v) is 3.99. The number of aryl methyl sites for hydroxylation is 1. The molecule has 1 aliphatic heterocycles. The fraction of sp³-hybridized carbons (Fsp3) is 0.529. The first-order valence-corrected chi connectivity index (χ1v) is 8.00. The zero-order valence-corrected chi connectivity index (χ0v) is 13.4. The van der Waals surface area contributed by atoms with Crippen LogP contribution in [0.25, 0.3) is 5.57 Å². The zero-order chi connectivity index (χ0) is 16.1. The summed E-state index contributed by atoms with van der Waals surface area (Å²) in [5.41, 5.74) is 8.70. The first-order chi connectivity index (χ1) is 10.6. The minimum absolute atomic E-state index is 0.0284. The largest absolute Gasteiger partial charge is 0.396 e. The van der Waals surface area contributed by atoms with E-state index in [-0.39, 0.29) is 5.91 Å². The molecule has 1 aromatic heterocycles. The van der Waals surface area contributed by atoms with Gasteiger partial charge in [0.1, 0.15) is 11.6 Å². The van der Waals surface area contributed by atoms with Crippen LogP contribution in [0.5, 0.6) is 0 Å². The van der Waals surface area contributed by atoms with Gasteiger partial charge in [0.05, 0.1) is 11.4 Å². The Hall–Kier alpha value is -2.22. The van der Waals surface area contributed by atoms with E-state index < -0.39 is 0 Å². The lowest BCUT2D eigenvalue weighted by atomic mass is 10.1. The summed E-state index contributed by atoms with van der Waals surface area (Å²) in [5.74, 6) is 0.0284. The summed E-state index contributed by atoms with van der Waals surface area (Å²) < 4.78 is 2.04. The third-order valence-electron chi connectivity index (χ3n) is 3.99. The van der Waals surface area contributed by atoms with Crippen molar-refractivity contribution in [3.63, 3.8) is 0 Å². The standard InChI is InChI=1S/C17H24N4O/c1-3-5-6-8-21-12-15(19)14(10-18)17(21)13-9-16(22)20(11-13)7-4-2/h9,12H,3-8,11,19H2,1-2H3. The highest BCUT2D eigenvalue weighted by Crippen LogP contribution is 2.30. The van der Waals surface area contributed by atoms with E-state index in [0.717, 1.165) is 50.0 Å². The summed E-state index contributed by atoms with van der Waals surface area (Å²) in [6.45, 7) is 6.35. The van der Waals surface area contributed by atoms with Crippen molar-refractivity contribution in [1.82, 2.24) is 9.47 Å². The van der Waals surface area contributed by atoms with Gasteiger partial charge in [0, 0.05) is 37.5 Å². The molecule has 22 heavy (non-hydrogen) atoms. The molecule has 1 amide bonds. The highest BCUT2D eigenvalue weighted by Gasteiger charge is 2.26. The molecule has 0 radical (unpaired) electrons. The fourth-order valence-corrected chi connectivity index (χ4v) is 2.92. The predicted molar refractivity (Wildman–Crippen MR) is 87.9 cm³/mol. The summed E-state index contributed by atoms with van der Waals surface area (Å²) in [6.07, 6.45) is 7.74. The number of hydrogen-bond acceptors (Lipinski definition) is 3. The minimum atomic E-state index is 0.0284. The maximum atomic E-state index is 12.1. The van der Waals surface area contributed by atoms with Crippen molar-refractivity contribution in [2.45, 2.75) is 46.1 Å². The van der Waals surface area contributed by atoms with Crippen molar-refractivity contribution in [1.29, 1.82) is 5.26 Å². The highest BCUT2D eigenvalue weighted by molar-refractivity contribution is 6.01. The number of carbonyl (C=O) groups excluding carboxylic acids is 1. The minimum Gasteiger partial charge on any atom is -0.396 e. The van der Waals surface area contributed by atoms with Crippen LogP contribution in [0.4, 0.5) is 5.69 Å². The summed E-state index contributed by atoms with van der Waals surface area (Å²) in [6, 6.07) is 2.20. The second kappa shape index (κ2) is 7.17. The summed E-state index contributed by atoms with van der Waals surface area (Å²) in [4.78, 5) is 13.9. The molecular weight excluding hydrogens is 276 g/mol. The Balaban J connectivity index is 2.31. The highest BCUT2D eigenvalue weighted by atomic mass is 16.2. The zero-order valence-electron chi connectivity index (χ0n) is 13.4. The fourth-order valence-electron chi connectivity index (χ4n) is 2.92. The lowest BCUT2D eigenvalue weighted by Gasteiger charge is -2.16. The van der Waals surface area contributed by atoms with E-state index in [1.54, 1.807) is 6.08 Å². The Morgan fingerprint density at radius 2 is 2.05 bits per heavy atom. The van der Waals surface area contributed by atoms with Gasteiger partial charge in [-0.25, -0.2) is 0 Å². The van der Waals surface area contributed by atoms with E-state index in [1.807, 2.05) is 15.7 Å². The first-order valence-electron chi connectivity index (χ1n) is 8.00. The number of hydrogen-bond donors (Lipinski definition) is 1. The van der Waals surface area contributed by atoms with E-state index >= 15 is 0 Å². The molecule has 0 spiro atoms. The Morgan fingerprint density at radius 1 is 1.27 bits per heavy atom. The topological polar surface area (TPSA) is 75.0 Å². The second-order valence-corrected chi connectivity index (χ2v) is 5.75. The van der Waals surface area contributed by atoms with Gasteiger partial charge in [-0.05, 0) is 12.8 Å². The van der Waals surface area contributed by atoms with Crippen molar-refractivity contribution in [2.24, 2.45) is 0 Å². The molecule has 0 saturated carbocycles. The van der Waals surface area contributed by atoms with Gasteiger partial charge in [-0.2, -0.15) is 5.26 Å². The normalized spacial score (nSPS) is 14.3. The van der Waals surface area contributed by atoms with Gasteiger partial charge >= 0.3 is 0 Å². The Morgan fingerprint density at radius 3 is 2.68 bits per heavy atom. The van der Waals surface area contributed by atoms with E-state index in [0.29, 0.717) is 17.8 Å². The quantitative estimate of drug-likeness (QED) is 0.787. The Bertz CT molecular complexity index is 621. The van der Waals surface area contributed by atoms with Crippen LogP contribution in [0.3, 0.4) is 0 Å². The number of aromatic nitrogens is 1. The molecule has 2 heterocycles. The van der Waals surface area contributed by atoms with Crippen LogP contribution in [0.1, 0.15) is 50.8 Å². The van der Waals surface area contributed by atoms with Crippen molar-refractivity contribution in [3.8, 4) is 6.07 Å². The monoisotopic (exact) mass is 300 g/mol. The van der Waals surface area contributed by atoms with Crippen LogP contribution in [0.15, 0.2) is 12.3 Å². The summed E-state index contributed by atoms with van der Waals surface area (Å²) in [7, 11) is 0. The maximum Gasteiger partial charge on any atom is 0.247 e. The molecule has 0 saturated heterocycles. The van der Waals surface area contributed by atoms with Gasteiger partial charge in [-0.15, -0.1) is 0 Å². The third kappa shape index (κ3) is 3.16. The average molecular weight is 300 g/mol. The van der Waals surface area contributed by atoms with Gasteiger partial charge in [-0.3, -0.25) is 4.79 Å². The number of nitrogen functional groups attached to an aromatic ring is 1. The van der Waals surface area contributed by atoms with E-state index in [4.69, 9.17) is 5.73 Å². The molecule has 5 nitrogen and oxygen atoms in total. The molecule has 0 atom stereocenters. The van der Waals surface area contributed by atoms with Gasteiger partial charge in [0.25, 0.3) is 0 Å². The number of amides is 1. The van der Waals surface area contributed by atoms with Crippen LogP contribution in [-0.2, 0) is 11.3 Å². The number of rotatable bonds is 7. The van der Waals surface area contributed by atoms with Crippen LogP contribution in [0.2, 0.25) is 0 Å². The average Bonchev–Trinajstić information content (AvgIpc) is 3.00. The van der Waals surface area contributed by atoms with E-state index in [9.17, 15) is 10.1 Å². The molecule has 0 bridgehead atoms.